The van der Waals surface area contributed by atoms with Crippen LogP contribution in [0, 0.1) is 5.92 Å². The van der Waals surface area contributed by atoms with E-state index in [0.29, 0.717) is 32.3 Å². The highest BCUT2D eigenvalue weighted by Gasteiger charge is 2.32. The van der Waals surface area contributed by atoms with Crippen LogP contribution in [0.2, 0.25) is 0 Å². The van der Waals surface area contributed by atoms with Crippen molar-refractivity contribution in [3.05, 3.63) is 29.8 Å². The number of hydrogen-bond acceptors (Lipinski definition) is 6. The number of rotatable bonds is 7. The lowest BCUT2D eigenvalue weighted by molar-refractivity contribution is -0.136. The molecule has 2 saturated heterocycles. The fourth-order valence-corrected chi connectivity index (χ4v) is 5.58. The summed E-state index contributed by atoms with van der Waals surface area (Å²) >= 11 is 0. The first kappa shape index (κ1) is 25.6. The fraction of sp³-hybridized carbons (Fsp3) is 0.652. The average Bonchev–Trinajstić information content (AvgIpc) is 2.82. The van der Waals surface area contributed by atoms with E-state index >= 15 is 0 Å². The zero-order valence-electron chi connectivity index (χ0n) is 20.0. The first-order valence-electron chi connectivity index (χ1n) is 11.6. The van der Waals surface area contributed by atoms with Crippen LogP contribution < -0.4 is 5.32 Å². The number of hydrogen-bond donors (Lipinski definition) is 1. The van der Waals surface area contributed by atoms with Crippen molar-refractivity contribution in [2.45, 2.75) is 44.7 Å². The molecule has 1 atom stereocenters. The number of morpholine rings is 1. The molecule has 2 heterocycles. The third-order valence-corrected chi connectivity index (χ3v) is 8.17. The van der Waals surface area contributed by atoms with Crippen LogP contribution in [-0.2, 0) is 19.6 Å². The van der Waals surface area contributed by atoms with E-state index in [1.54, 1.807) is 12.1 Å². The third kappa shape index (κ3) is 6.11. The zero-order valence-corrected chi connectivity index (χ0v) is 20.8. The van der Waals surface area contributed by atoms with E-state index in [9.17, 15) is 18.0 Å². The number of sulfonamides is 1. The monoisotopic (exact) mass is 480 g/mol. The van der Waals surface area contributed by atoms with Crippen LogP contribution >= 0.6 is 0 Å². The Kier molecular flexibility index (Phi) is 8.49. The lowest BCUT2D eigenvalue weighted by atomic mass is 10.0. The summed E-state index contributed by atoms with van der Waals surface area (Å²) in [5, 5.41) is 2.85. The van der Waals surface area contributed by atoms with E-state index in [4.69, 9.17) is 4.74 Å². The van der Waals surface area contributed by atoms with Crippen molar-refractivity contribution in [1.29, 1.82) is 0 Å². The average molecular weight is 481 g/mol. The number of amides is 2. The van der Waals surface area contributed by atoms with Crippen molar-refractivity contribution in [3.8, 4) is 0 Å². The van der Waals surface area contributed by atoms with E-state index in [-0.39, 0.29) is 35.4 Å². The molecule has 1 unspecified atom stereocenters. The minimum atomic E-state index is -3.72. The van der Waals surface area contributed by atoms with Gasteiger partial charge in [-0.1, -0.05) is 19.9 Å². The number of nitrogens with zero attached hydrogens (tertiary/aromatic N) is 3. The fourth-order valence-electron chi connectivity index (χ4n) is 4.13. The Morgan fingerprint density at radius 3 is 2.18 bits per heavy atom. The van der Waals surface area contributed by atoms with Gasteiger partial charge in [-0.2, -0.15) is 4.31 Å². The van der Waals surface area contributed by atoms with Crippen molar-refractivity contribution in [1.82, 2.24) is 19.4 Å². The minimum absolute atomic E-state index is 0.0641. The molecule has 9 nitrogen and oxygen atoms in total. The first-order chi connectivity index (χ1) is 15.6. The molecular weight excluding hydrogens is 444 g/mol. The van der Waals surface area contributed by atoms with Gasteiger partial charge in [0.2, 0.25) is 15.9 Å². The smallest absolute Gasteiger partial charge is 0.251 e. The molecule has 2 aliphatic rings. The van der Waals surface area contributed by atoms with Gasteiger partial charge < -0.3 is 15.0 Å². The second kappa shape index (κ2) is 10.9. The second-order valence-electron chi connectivity index (χ2n) is 9.19. The normalized spacial score (nSPS) is 19.6. The van der Waals surface area contributed by atoms with Crippen LogP contribution in [0.25, 0.3) is 0 Å². The van der Waals surface area contributed by atoms with Crippen LogP contribution in [0.4, 0.5) is 0 Å². The SMILES string of the molecule is CC(C)C(NC(=O)c1cccc(S(=O)(=O)N2CCOCC2)c1)C(=O)N1CCN(C(C)C)CC1. The molecule has 0 bridgehead atoms. The quantitative estimate of drug-likeness (QED) is 0.626. The van der Waals surface area contributed by atoms with Crippen LogP contribution in [0.3, 0.4) is 0 Å². The Hall–Kier alpha value is -2.01. The number of piperazine rings is 1. The largest absolute Gasteiger partial charge is 0.379 e. The Labute approximate surface area is 197 Å². The highest BCUT2D eigenvalue weighted by Crippen LogP contribution is 2.19. The summed E-state index contributed by atoms with van der Waals surface area (Å²) < 4.78 is 32.5. The molecule has 2 fully saturated rings. The molecule has 2 aliphatic heterocycles. The van der Waals surface area contributed by atoms with Crippen molar-refractivity contribution >= 4 is 21.8 Å². The molecular formula is C23H36N4O5S. The van der Waals surface area contributed by atoms with Crippen LogP contribution in [0.5, 0.6) is 0 Å². The summed E-state index contributed by atoms with van der Waals surface area (Å²) in [6, 6.07) is 5.74. The van der Waals surface area contributed by atoms with Gasteiger partial charge in [0.25, 0.3) is 5.91 Å². The van der Waals surface area contributed by atoms with Crippen molar-refractivity contribution < 1.29 is 22.7 Å². The van der Waals surface area contributed by atoms with Crippen LogP contribution in [-0.4, -0.2) is 98.9 Å². The molecule has 0 radical (unpaired) electrons. The number of carbonyl (C=O) groups excluding carboxylic acids is 2. The van der Waals surface area contributed by atoms with Gasteiger partial charge >= 0.3 is 0 Å². The molecule has 3 rings (SSSR count). The molecule has 0 spiro atoms. The van der Waals surface area contributed by atoms with Crippen LogP contribution in [0.1, 0.15) is 38.1 Å². The predicted molar refractivity (Wildman–Crippen MR) is 125 cm³/mol. The molecule has 0 aromatic heterocycles. The maximum absolute atomic E-state index is 13.2. The molecule has 1 aromatic rings. The van der Waals surface area contributed by atoms with Gasteiger partial charge in [0.15, 0.2) is 0 Å². The molecule has 10 heteroatoms. The van der Waals surface area contributed by atoms with Gasteiger partial charge in [-0.15, -0.1) is 0 Å². The summed E-state index contributed by atoms with van der Waals surface area (Å²) in [7, 11) is -3.72. The van der Waals surface area contributed by atoms with Gasteiger partial charge in [-0.3, -0.25) is 14.5 Å². The Bertz CT molecular complexity index is 936. The van der Waals surface area contributed by atoms with Gasteiger partial charge in [0.05, 0.1) is 18.1 Å². The maximum Gasteiger partial charge on any atom is 0.251 e. The molecule has 0 saturated carbocycles. The highest BCUT2D eigenvalue weighted by molar-refractivity contribution is 7.89. The van der Waals surface area contributed by atoms with E-state index in [1.165, 1.54) is 16.4 Å². The van der Waals surface area contributed by atoms with Crippen molar-refractivity contribution in [2.24, 2.45) is 5.92 Å². The van der Waals surface area contributed by atoms with Gasteiger partial charge in [-0.25, -0.2) is 8.42 Å². The van der Waals surface area contributed by atoms with E-state index in [1.807, 2.05) is 18.7 Å². The summed E-state index contributed by atoms with van der Waals surface area (Å²) in [6.07, 6.45) is 0. The van der Waals surface area contributed by atoms with Gasteiger partial charge in [0, 0.05) is 50.9 Å². The molecule has 33 heavy (non-hydrogen) atoms. The number of carbonyl (C=O) groups is 2. The van der Waals surface area contributed by atoms with Gasteiger partial charge in [-0.05, 0) is 38.0 Å². The van der Waals surface area contributed by atoms with Gasteiger partial charge in [0.1, 0.15) is 6.04 Å². The third-order valence-electron chi connectivity index (χ3n) is 6.28. The lowest BCUT2D eigenvalue weighted by Gasteiger charge is -2.39. The standard InChI is InChI=1S/C23H36N4O5S/c1-17(2)21(23(29)26-10-8-25(9-11-26)18(3)4)24-22(28)19-6-5-7-20(16-19)33(30,31)27-12-14-32-15-13-27/h5-7,16-18,21H,8-15H2,1-4H3,(H,24,28). The van der Waals surface area contributed by atoms with E-state index < -0.39 is 22.0 Å². The first-order valence-corrected chi connectivity index (χ1v) is 13.1. The second-order valence-corrected chi connectivity index (χ2v) is 11.1. The Morgan fingerprint density at radius 1 is 0.970 bits per heavy atom. The molecule has 0 aliphatic carbocycles. The lowest BCUT2D eigenvalue weighted by Crippen LogP contribution is -2.57. The maximum atomic E-state index is 13.2. The topological polar surface area (TPSA) is 99.3 Å². The Morgan fingerprint density at radius 2 is 1.61 bits per heavy atom. The molecule has 184 valence electrons. The molecule has 1 N–H and O–H groups in total. The summed E-state index contributed by atoms with van der Waals surface area (Å²) in [4.78, 5) is 30.4. The predicted octanol–water partition coefficient (Wildman–Crippen LogP) is 1.01. The van der Waals surface area contributed by atoms with Crippen LogP contribution in [0.15, 0.2) is 29.2 Å². The summed E-state index contributed by atoms with van der Waals surface area (Å²) in [5.41, 5.74) is 0.215. The number of nitrogens with one attached hydrogen (secondary N) is 1. The van der Waals surface area contributed by atoms with E-state index in [2.05, 4.69) is 24.1 Å². The minimum Gasteiger partial charge on any atom is -0.379 e. The summed E-state index contributed by atoms with van der Waals surface area (Å²) in [5.74, 6) is -0.661. The summed E-state index contributed by atoms with van der Waals surface area (Å²) in [6.45, 7) is 12.2. The van der Waals surface area contributed by atoms with Crippen molar-refractivity contribution in [3.63, 3.8) is 0 Å². The number of ether oxygens (including phenoxy) is 1. The Balaban J connectivity index is 1.71. The van der Waals surface area contributed by atoms with E-state index in [0.717, 1.165) is 13.1 Å². The zero-order chi connectivity index (χ0) is 24.2. The highest BCUT2D eigenvalue weighted by atomic mass is 32.2. The molecule has 2 amide bonds. The number of benzene rings is 1. The van der Waals surface area contributed by atoms with Crippen molar-refractivity contribution in [2.75, 3.05) is 52.5 Å². The molecule has 1 aromatic carbocycles.